The van der Waals surface area contributed by atoms with Crippen LogP contribution in [-0.4, -0.2) is 15.8 Å². The Balaban J connectivity index is 1.96. The fourth-order valence-corrected chi connectivity index (χ4v) is 2.64. The molecule has 1 aromatic carbocycles. The topological polar surface area (TPSA) is 33.1 Å². The lowest BCUT2D eigenvalue weighted by atomic mass is 10.2. The van der Waals surface area contributed by atoms with E-state index in [-0.39, 0.29) is 0 Å². The molecule has 0 saturated carbocycles. The van der Waals surface area contributed by atoms with Crippen molar-refractivity contribution in [3.8, 4) is 0 Å². The Morgan fingerprint density at radius 3 is 2.72 bits per heavy atom. The molecule has 0 radical (unpaired) electrons. The largest absolute Gasteiger partial charge is 0.387 e. The summed E-state index contributed by atoms with van der Waals surface area (Å²) in [6, 6.07) is 12.2. The van der Waals surface area contributed by atoms with Crippen LogP contribution in [0.25, 0.3) is 0 Å². The Labute approximate surface area is 112 Å². The van der Waals surface area contributed by atoms with Gasteiger partial charge in [0.05, 0.1) is 6.10 Å². The van der Waals surface area contributed by atoms with Crippen LogP contribution in [0.4, 0.5) is 0 Å². The standard InChI is InChI=1S/C15H17NOS/c1-11-4-3-5-14(8-11)18-10-15(17)13-7-6-12(2)16-9-13/h3-9,15,17H,10H2,1-2H3. The van der Waals surface area contributed by atoms with Gasteiger partial charge in [0.15, 0.2) is 0 Å². The van der Waals surface area contributed by atoms with Crippen LogP contribution in [-0.2, 0) is 0 Å². The van der Waals surface area contributed by atoms with Gasteiger partial charge >= 0.3 is 0 Å². The van der Waals surface area contributed by atoms with Gasteiger partial charge in [-0.2, -0.15) is 0 Å². The molecule has 1 heterocycles. The van der Waals surface area contributed by atoms with E-state index >= 15 is 0 Å². The van der Waals surface area contributed by atoms with Gasteiger partial charge in [0, 0.05) is 22.5 Å². The predicted octanol–water partition coefficient (Wildman–Crippen LogP) is 3.52. The molecule has 0 fully saturated rings. The van der Waals surface area contributed by atoms with Gasteiger partial charge in [-0.05, 0) is 37.6 Å². The van der Waals surface area contributed by atoms with Crippen molar-refractivity contribution in [1.29, 1.82) is 0 Å². The van der Waals surface area contributed by atoms with Gasteiger partial charge < -0.3 is 5.11 Å². The number of hydrogen-bond acceptors (Lipinski definition) is 3. The second kappa shape index (κ2) is 6.03. The van der Waals surface area contributed by atoms with Gasteiger partial charge in [-0.15, -0.1) is 11.8 Å². The van der Waals surface area contributed by atoms with Gasteiger partial charge in [0.1, 0.15) is 0 Å². The van der Waals surface area contributed by atoms with Crippen molar-refractivity contribution in [3.05, 3.63) is 59.4 Å². The molecule has 0 spiro atoms. The molecule has 0 saturated heterocycles. The molecule has 0 aliphatic carbocycles. The third-order valence-electron chi connectivity index (χ3n) is 2.72. The van der Waals surface area contributed by atoms with E-state index in [0.29, 0.717) is 5.75 Å². The first-order valence-electron chi connectivity index (χ1n) is 5.95. The Kier molecular flexibility index (Phi) is 4.39. The van der Waals surface area contributed by atoms with E-state index in [0.717, 1.165) is 11.3 Å². The molecule has 0 bridgehead atoms. The van der Waals surface area contributed by atoms with E-state index in [1.165, 1.54) is 10.5 Å². The molecule has 2 nitrogen and oxygen atoms in total. The number of rotatable bonds is 4. The molecule has 94 valence electrons. The summed E-state index contributed by atoms with van der Waals surface area (Å²) < 4.78 is 0. The first-order valence-corrected chi connectivity index (χ1v) is 6.94. The second-order valence-electron chi connectivity index (χ2n) is 4.38. The molecule has 3 heteroatoms. The van der Waals surface area contributed by atoms with Crippen molar-refractivity contribution in [2.75, 3.05) is 5.75 Å². The third kappa shape index (κ3) is 3.59. The van der Waals surface area contributed by atoms with Crippen LogP contribution in [0.2, 0.25) is 0 Å². The Hall–Kier alpha value is -1.32. The maximum absolute atomic E-state index is 10.1. The average molecular weight is 259 g/mol. The fraction of sp³-hybridized carbons (Fsp3) is 0.267. The number of nitrogens with zero attached hydrogens (tertiary/aromatic N) is 1. The number of aliphatic hydroxyl groups is 1. The number of benzene rings is 1. The maximum atomic E-state index is 10.1. The lowest BCUT2D eigenvalue weighted by Gasteiger charge is -2.10. The van der Waals surface area contributed by atoms with Crippen LogP contribution in [0.3, 0.4) is 0 Å². The monoisotopic (exact) mass is 259 g/mol. The Bertz CT molecular complexity index is 510. The Morgan fingerprint density at radius 1 is 1.22 bits per heavy atom. The maximum Gasteiger partial charge on any atom is 0.0898 e. The predicted molar refractivity (Wildman–Crippen MR) is 75.8 cm³/mol. The molecule has 0 aliphatic rings. The molecule has 2 aromatic rings. The van der Waals surface area contributed by atoms with Crippen LogP contribution in [0, 0.1) is 13.8 Å². The highest BCUT2D eigenvalue weighted by molar-refractivity contribution is 7.99. The van der Waals surface area contributed by atoms with E-state index < -0.39 is 6.10 Å². The van der Waals surface area contributed by atoms with Crippen molar-refractivity contribution in [2.45, 2.75) is 24.8 Å². The summed E-state index contributed by atoms with van der Waals surface area (Å²) in [5.41, 5.74) is 3.09. The van der Waals surface area contributed by atoms with Crippen LogP contribution >= 0.6 is 11.8 Å². The van der Waals surface area contributed by atoms with E-state index in [4.69, 9.17) is 0 Å². The van der Waals surface area contributed by atoms with Crippen molar-refractivity contribution in [3.63, 3.8) is 0 Å². The summed E-state index contributed by atoms with van der Waals surface area (Å²) in [5, 5.41) is 10.1. The van der Waals surface area contributed by atoms with Crippen molar-refractivity contribution >= 4 is 11.8 Å². The van der Waals surface area contributed by atoms with Crippen LogP contribution in [0.5, 0.6) is 0 Å². The van der Waals surface area contributed by atoms with Crippen LogP contribution < -0.4 is 0 Å². The summed E-state index contributed by atoms with van der Waals surface area (Å²) in [6.45, 7) is 4.02. The molecular formula is C15H17NOS. The molecular weight excluding hydrogens is 242 g/mol. The summed E-state index contributed by atoms with van der Waals surface area (Å²) in [7, 11) is 0. The SMILES string of the molecule is Cc1cccc(SCC(O)c2ccc(C)nc2)c1. The first kappa shape index (κ1) is 13.1. The van der Waals surface area contributed by atoms with Gasteiger partial charge in [0.25, 0.3) is 0 Å². The van der Waals surface area contributed by atoms with E-state index in [9.17, 15) is 5.11 Å². The zero-order valence-corrected chi connectivity index (χ0v) is 11.4. The number of aryl methyl sites for hydroxylation is 2. The number of pyridine rings is 1. The normalized spacial score (nSPS) is 12.4. The molecule has 0 amide bonds. The van der Waals surface area contributed by atoms with Crippen molar-refractivity contribution in [2.24, 2.45) is 0 Å². The van der Waals surface area contributed by atoms with Gasteiger partial charge in [0.2, 0.25) is 0 Å². The minimum Gasteiger partial charge on any atom is -0.387 e. The highest BCUT2D eigenvalue weighted by Crippen LogP contribution is 2.25. The van der Waals surface area contributed by atoms with E-state index in [1.807, 2.05) is 25.1 Å². The quantitative estimate of drug-likeness (QED) is 0.853. The first-order chi connectivity index (χ1) is 8.65. The number of thioether (sulfide) groups is 1. The lowest BCUT2D eigenvalue weighted by molar-refractivity contribution is 0.203. The van der Waals surface area contributed by atoms with Crippen molar-refractivity contribution in [1.82, 2.24) is 4.98 Å². The minimum atomic E-state index is -0.469. The van der Waals surface area contributed by atoms with Gasteiger partial charge in [-0.3, -0.25) is 4.98 Å². The van der Waals surface area contributed by atoms with E-state index in [1.54, 1.807) is 18.0 Å². The summed E-state index contributed by atoms with van der Waals surface area (Å²) in [5.74, 6) is 0.647. The molecule has 0 aliphatic heterocycles. The van der Waals surface area contributed by atoms with Crippen LogP contribution in [0.15, 0.2) is 47.5 Å². The summed E-state index contributed by atoms with van der Waals surface area (Å²) in [4.78, 5) is 5.39. The highest BCUT2D eigenvalue weighted by atomic mass is 32.2. The van der Waals surface area contributed by atoms with Gasteiger partial charge in [-0.1, -0.05) is 23.8 Å². The minimum absolute atomic E-state index is 0.469. The van der Waals surface area contributed by atoms with Gasteiger partial charge in [-0.25, -0.2) is 0 Å². The number of hydrogen-bond donors (Lipinski definition) is 1. The number of aromatic nitrogens is 1. The smallest absolute Gasteiger partial charge is 0.0898 e. The van der Waals surface area contributed by atoms with Crippen LogP contribution in [0.1, 0.15) is 22.9 Å². The molecule has 18 heavy (non-hydrogen) atoms. The highest BCUT2D eigenvalue weighted by Gasteiger charge is 2.08. The molecule has 1 aromatic heterocycles. The van der Waals surface area contributed by atoms with Crippen molar-refractivity contribution < 1.29 is 5.11 Å². The summed E-state index contributed by atoms with van der Waals surface area (Å²) in [6.07, 6.45) is 1.28. The third-order valence-corrected chi connectivity index (χ3v) is 3.79. The zero-order valence-electron chi connectivity index (χ0n) is 10.6. The molecule has 1 N–H and O–H groups in total. The second-order valence-corrected chi connectivity index (χ2v) is 5.47. The molecule has 1 unspecified atom stereocenters. The molecule has 1 atom stereocenters. The number of aliphatic hydroxyl groups excluding tert-OH is 1. The zero-order chi connectivity index (χ0) is 13.0. The Morgan fingerprint density at radius 2 is 2.06 bits per heavy atom. The van der Waals surface area contributed by atoms with E-state index in [2.05, 4.69) is 30.1 Å². The average Bonchev–Trinajstić information content (AvgIpc) is 2.37. The summed E-state index contributed by atoms with van der Waals surface area (Å²) >= 11 is 1.66. The fourth-order valence-electron chi connectivity index (χ4n) is 1.65. The molecule has 2 rings (SSSR count). The lowest BCUT2D eigenvalue weighted by Crippen LogP contribution is -2.01.